The first-order chi connectivity index (χ1) is 7.50. The lowest BCUT2D eigenvalue weighted by Crippen LogP contribution is -2.45. The zero-order valence-corrected chi connectivity index (χ0v) is 9.07. The number of sulfonamides is 1. The topological polar surface area (TPSA) is 86.7 Å². The summed E-state index contributed by atoms with van der Waals surface area (Å²) in [7, 11) is -3.50. The Hall–Kier alpha value is -1.60. The highest BCUT2D eigenvalue weighted by Gasteiger charge is 2.28. The molecule has 16 heavy (non-hydrogen) atoms. The van der Waals surface area contributed by atoms with Crippen LogP contribution in [0.2, 0.25) is 0 Å². The second-order valence-corrected chi connectivity index (χ2v) is 5.10. The van der Waals surface area contributed by atoms with Gasteiger partial charge in [0.1, 0.15) is 11.4 Å². The maximum absolute atomic E-state index is 11.6. The van der Waals surface area contributed by atoms with Gasteiger partial charge in [-0.2, -0.15) is 4.72 Å². The van der Waals surface area contributed by atoms with Crippen LogP contribution in [-0.4, -0.2) is 32.7 Å². The quantitative estimate of drug-likeness (QED) is 0.751. The molecule has 1 aromatic carbocycles. The number of carboxylic acids is 1. The average Bonchev–Trinajstić information content (AvgIpc) is 2.23. The molecule has 6 nitrogen and oxygen atoms in total. The van der Waals surface area contributed by atoms with Gasteiger partial charge in [0, 0.05) is 0 Å². The smallest absolute Gasteiger partial charge is 0.323 e. The van der Waals surface area contributed by atoms with Crippen LogP contribution in [0.4, 0.5) is 5.69 Å². The standard InChI is InChI=1S/C9H10N2O4S/c12-9(13)5-11-6-10-16(14,15)8-4-2-1-3-7(8)11/h1-4,10H,5-6H2,(H,12,13). The van der Waals surface area contributed by atoms with Gasteiger partial charge in [0.15, 0.2) is 0 Å². The predicted octanol–water partition coefficient (Wildman–Crippen LogP) is -0.173. The highest BCUT2D eigenvalue weighted by atomic mass is 32.2. The fourth-order valence-electron chi connectivity index (χ4n) is 1.58. The molecular weight excluding hydrogens is 232 g/mol. The van der Waals surface area contributed by atoms with Crippen LogP contribution in [0.25, 0.3) is 0 Å². The molecule has 2 N–H and O–H groups in total. The monoisotopic (exact) mass is 242 g/mol. The van der Waals surface area contributed by atoms with Crippen LogP contribution in [0.5, 0.6) is 0 Å². The minimum Gasteiger partial charge on any atom is -0.480 e. The Labute approximate surface area is 92.5 Å². The number of aliphatic carboxylic acids is 1. The first kappa shape index (κ1) is 10.9. The average molecular weight is 242 g/mol. The molecule has 0 aromatic heterocycles. The third kappa shape index (κ3) is 1.86. The van der Waals surface area contributed by atoms with Crippen LogP contribution >= 0.6 is 0 Å². The number of anilines is 1. The van der Waals surface area contributed by atoms with Gasteiger partial charge >= 0.3 is 5.97 Å². The van der Waals surface area contributed by atoms with Crippen molar-refractivity contribution in [2.24, 2.45) is 0 Å². The summed E-state index contributed by atoms with van der Waals surface area (Å²) < 4.78 is 25.5. The van der Waals surface area contributed by atoms with Crippen LogP contribution in [0.15, 0.2) is 29.2 Å². The van der Waals surface area contributed by atoms with E-state index in [9.17, 15) is 13.2 Å². The summed E-state index contributed by atoms with van der Waals surface area (Å²) in [6.45, 7) is -0.259. The zero-order valence-electron chi connectivity index (χ0n) is 8.25. The van der Waals surface area contributed by atoms with Gasteiger partial charge < -0.3 is 10.0 Å². The molecule has 0 amide bonds. The Morgan fingerprint density at radius 2 is 2.12 bits per heavy atom. The summed E-state index contributed by atoms with van der Waals surface area (Å²) in [4.78, 5) is 12.2. The van der Waals surface area contributed by atoms with Gasteiger partial charge in [0.2, 0.25) is 10.0 Å². The number of carbonyl (C=O) groups is 1. The lowest BCUT2D eigenvalue weighted by atomic mass is 10.3. The van der Waals surface area contributed by atoms with Crippen molar-refractivity contribution in [1.29, 1.82) is 0 Å². The van der Waals surface area contributed by atoms with E-state index < -0.39 is 16.0 Å². The van der Waals surface area contributed by atoms with Crippen molar-refractivity contribution in [3.8, 4) is 0 Å². The summed E-state index contributed by atoms with van der Waals surface area (Å²) in [5.74, 6) is -1.00. The molecule has 0 aliphatic carbocycles. The molecule has 1 aromatic rings. The minimum absolute atomic E-state index is 0.0222. The van der Waals surface area contributed by atoms with Crippen molar-refractivity contribution in [3.05, 3.63) is 24.3 Å². The first-order valence-electron chi connectivity index (χ1n) is 4.56. The van der Waals surface area contributed by atoms with Crippen molar-refractivity contribution in [1.82, 2.24) is 4.72 Å². The number of para-hydroxylation sites is 1. The Bertz CT molecular complexity index is 526. The Balaban J connectivity index is 2.47. The SMILES string of the molecule is O=C(O)CN1CNS(=O)(=O)c2ccccc21. The summed E-state index contributed by atoms with van der Waals surface area (Å²) in [6.07, 6.45) is 0. The van der Waals surface area contributed by atoms with E-state index in [1.54, 1.807) is 18.2 Å². The molecule has 0 radical (unpaired) electrons. The van der Waals surface area contributed by atoms with Crippen LogP contribution in [0, 0.1) is 0 Å². The number of benzene rings is 1. The van der Waals surface area contributed by atoms with Gasteiger partial charge in [-0.3, -0.25) is 4.79 Å². The van der Waals surface area contributed by atoms with E-state index in [-0.39, 0.29) is 18.1 Å². The predicted molar refractivity (Wildman–Crippen MR) is 56.6 cm³/mol. The van der Waals surface area contributed by atoms with Crippen LogP contribution in [0.1, 0.15) is 0 Å². The molecule has 0 unspecified atom stereocenters. The number of nitrogens with zero attached hydrogens (tertiary/aromatic N) is 1. The van der Waals surface area contributed by atoms with E-state index in [1.807, 2.05) is 0 Å². The normalized spacial score (nSPS) is 17.9. The molecule has 1 aliphatic heterocycles. The Kier molecular flexibility index (Phi) is 2.56. The third-order valence-electron chi connectivity index (χ3n) is 2.27. The fourth-order valence-corrected chi connectivity index (χ4v) is 2.79. The molecule has 86 valence electrons. The molecule has 7 heteroatoms. The van der Waals surface area contributed by atoms with Gasteiger partial charge in [0.25, 0.3) is 0 Å². The number of hydrogen-bond acceptors (Lipinski definition) is 4. The van der Waals surface area contributed by atoms with E-state index in [2.05, 4.69) is 4.72 Å². The van der Waals surface area contributed by atoms with E-state index in [0.717, 1.165) is 0 Å². The Morgan fingerprint density at radius 3 is 2.81 bits per heavy atom. The maximum Gasteiger partial charge on any atom is 0.323 e. The van der Waals surface area contributed by atoms with Crippen molar-refractivity contribution >= 4 is 21.7 Å². The second kappa shape index (κ2) is 3.76. The van der Waals surface area contributed by atoms with Crippen molar-refractivity contribution in [2.45, 2.75) is 4.90 Å². The number of fused-ring (bicyclic) bond motifs is 1. The maximum atomic E-state index is 11.6. The molecule has 0 saturated carbocycles. The van der Waals surface area contributed by atoms with Gasteiger partial charge in [-0.15, -0.1) is 0 Å². The minimum atomic E-state index is -3.50. The summed E-state index contributed by atoms with van der Waals surface area (Å²) in [6, 6.07) is 6.32. The number of hydrogen-bond donors (Lipinski definition) is 2. The molecule has 0 bridgehead atoms. The molecule has 1 aliphatic rings. The number of rotatable bonds is 2. The van der Waals surface area contributed by atoms with Gasteiger partial charge in [-0.05, 0) is 12.1 Å². The second-order valence-electron chi connectivity index (χ2n) is 3.37. The third-order valence-corrected chi connectivity index (χ3v) is 3.70. The van der Waals surface area contributed by atoms with E-state index in [4.69, 9.17) is 5.11 Å². The largest absolute Gasteiger partial charge is 0.480 e. The number of nitrogens with one attached hydrogen (secondary N) is 1. The van der Waals surface area contributed by atoms with Gasteiger partial charge in [-0.25, -0.2) is 8.42 Å². The first-order valence-corrected chi connectivity index (χ1v) is 6.04. The summed E-state index contributed by atoms with van der Waals surface area (Å²) in [5, 5.41) is 8.70. The lowest BCUT2D eigenvalue weighted by molar-refractivity contribution is -0.135. The Morgan fingerprint density at radius 1 is 1.44 bits per heavy atom. The number of carboxylic acid groups (broad SMARTS) is 1. The van der Waals surface area contributed by atoms with Crippen LogP contribution in [-0.2, 0) is 14.8 Å². The van der Waals surface area contributed by atoms with E-state index >= 15 is 0 Å². The van der Waals surface area contributed by atoms with E-state index in [0.29, 0.717) is 5.69 Å². The molecule has 1 heterocycles. The van der Waals surface area contributed by atoms with Crippen molar-refractivity contribution in [3.63, 3.8) is 0 Å². The molecule has 2 rings (SSSR count). The van der Waals surface area contributed by atoms with Crippen molar-refractivity contribution < 1.29 is 18.3 Å². The lowest BCUT2D eigenvalue weighted by Gasteiger charge is -2.29. The molecule has 0 atom stereocenters. The van der Waals surface area contributed by atoms with Crippen molar-refractivity contribution in [2.75, 3.05) is 18.1 Å². The summed E-state index contributed by atoms with van der Waals surface area (Å²) >= 11 is 0. The molecule has 0 saturated heterocycles. The van der Waals surface area contributed by atoms with Gasteiger partial charge in [-0.1, -0.05) is 12.1 Å². The van der Waals surface area contributed by atoms with Crippen LogP contribution in [0.3, 0.4) is 0 Å². The summed E-state index contributed by atoms with van der Waals surface area (Å²) in [5.41, 5.74) is 0.420. The van der Waals surface area contributed by atoms with E-state index in [1.165, 1.54) is 11.0 Å². The highest BCUT2D eigenvalue weighted by molar-refractivity contribution is 7.89. The molecule has 0 spiro atoms. The molecular formula is C9H10N2O4S. The van der Waals surface area contributed by atoms with Crippen LogP contribution < -0.4 is 9.62 Å². The zero-order chi connectivity index (χ0) is 11.8. The van der Waals surface area contributed by atoms with Gasteiger partial charge in [0.05, 0.1) is 12.4 Å². The molecule has 0 fully saturated rings. The fraction of sp³-hybridized carbons (Fsp3) is 0.222. The highest BCUT2D eigenvalue weighted by Crippen LogP contribution is 2.27.